The molecule has 1 atom stereocenters. The number of methoxy groups -OCH3 is 1. The highest BCUT2D eigenvalue weighted by Crippen LogP contribution is 2.24. The summed E-state index contributed by atoms with van der Waals surface area (Å²) >= 11 is 1.81. The number of ether oxygens (including phenoxy) is 1. The topological polar surface area (TPSA) is 47.3 Å². The van der Waals surface area contributed by atoms with Gasteiger partial charge in [-0.15, -0.1) is 11.8 Å². The Morgan fingerprint density at radius 1 is 1.19 bits per heavy atom. The lowest BCUT2D eigenvalue weighted by Crippen LogP contribution is -2.38. The van der Waals surface area contributed by atoms with E-state index >= 15 is 0 Å². The van der Waals surface area contributed by atoms with Crippen molar-refractivity contribution in [3.05, 3.63) is 59.7 Å². The van der Waals surface area contributed by atoms with Crippen molar-refractivity contribution in [2.75, 3.05) is 12.9 Å². The lowest BCUT2D eigenvalue weighted by Gasteiger charge is -2.18. The minimum Gasteiger partial charge on any atom is -0.496 e. The highest BCUT2D eigenvalue weighted by atomic mass is 32.2. The Hall–Kier alpha value is -1.49. The van der Waals surface area contributed by atoms with Crippen molar-refractivity contribution in [3.63, 3.8) is 0 Å². The van der Waals surface area contributed by atoms with Gasteiger partial charge in [0, 0.05) is 16.7 Å². The van der Waals surface area contributed by atoms with Gasteiger partial charge in [0.05, 0.1) is 7.11 Å². The zero-order valence-electron chi connectivity index (χ0n) is 12.5. The van der Waals surface area contributed by atoms with Gasteiger partial charge in [-0.25, -0.2) is 0 Å². The second-order valence-corrected chi connectivity index (χ2v) is 6.10. The summed E-state index contributed by atoms with van der Waals surface area (Å²) in [5.41, 5.74) is 5.34. The molecule has 0 aliphatic heterocycles. The highest BCUT2D eigenvalue weighted by Gasteiger charge is 2.12. The molecule has 2 aromatic rings. The third-order valence-electron chi connectivity index (χ3n) is 3.33. The first-order valence-electron chi connectivity index (χ1n) is 7.00. The fraction of sp³-hybridized carbons (Fsp3) is 0.294. The molecule has 3 N–H and O–H groups in total. The molecule has 0 bridgehead atoms. The number of thioether (sulfide) groups is 1. The number of hydrazine groups is 1. The molecule has 21 heavy (non-hydrogen) atoms. The van der Waals surface area contributed by atoms with Gasteiger partial charge in [-0.2, -0.15) is 0 Å². The molecule has 0 amide bonds. The SMILES string of the molecule is COc1ccc(C)cc1CC(CSc1ccccc1)NN. The van der Waals surface area contributed by atoms with Gasteiger partial charge in [0.15, 0.2) is 0 Å². The summed E-state index contributed by atoms with van der Waals surface area (Å²) in [5, 5.41) is 0. The zero-order chi connectivity index (χ0) is 15.1. The summed E-state index contributed by atoms with van der Waals surface area (Å²) in [4.78, 5) is 1.26. The van der Waals surface area contributed by atoms with E-state index in [-0.39, 0.29) is 6.04 Å². The van der Waals surface area contributed by atoms with E-state index < -0.39 is 0 Å². The number of rotatable bonds is 7. The quantitative estimate of drug-likeness (QED) is 0.468. The first-order chi connectivity index (χ1) is 10.2. The van der Waals surface area contributed by atoms with Crippen LogP contribution in [-0.4, -0.2) is 18.9 Å². The Morgan fingerprint density at radius 3 is 2.62 bits per heavy atom. The summed E-state index contributed by atoms with van der Waals surface area (Å²) in [5.74, 6) is 7.55. The van der Waals surface area contributed by atoms with Crippen LogP contribution in [0, 0.1) is 6.92 Å². The van der Waals surface area contributed by atoms with Crippen LogP contribution >= 0.6 is 11.8 Å². The average molecular weight is 302 g/mol. The standard InChI is InChI=1S/C17H22N2OS/c1-13-8-9-17(20-2)14(10-13)11-15(19-18)12-21-16-6-4-3-5-7-16/h3-10,15,19H,11-12,18H2,1-2H3. The van der Waals surface area contributed by atoms with E-state index in [1.807, 2.05) is 12.1 Å². The Morgan fingerprint density at radius 2 is 1.95 bits per heavy atom. The number of hydrogen-bond donors (Lipinski definition) is 2. The van der Waals surface area contributed by atoms with E-state index in [9.17, 15) is 0 Å². The van der Waals surface area contributed by atoms with Gasteiger partial charge < -0.3 is 4.74 Å². The first kappa shape index (κ1) is 15.9. The minimum absolute atomic E-state index is 0.200. The van der Waals surface area contributed by atoms with Gasteiger partial charge in [0.2, 0.25) is 0 Å². The van der Waals surface area contributed by atoms with Gasteiger partial charge >= 0.3 is 0 Å². The van der Waals surface area contributed by atoms with Crippen molar-refractivity contribution in [1.82, 2.24) is 5.43 Å². The molecule has 0 aliphatic rings. The smallest absolute Gasteiger partial charge is 0.122 e. The molecule has 3 nitrogen and oxygen atoms in total. The predicted octanol–water partition coefficient (Wildman–Crippen LogP) is 3.17. The van der Waals surface area contributed by atoms with Crippen LogP contribution in [-0.2, 0) is 6.42 Å². The summed E-state index contributed by atoms with van der Waals surface area (Å²) in [7, 11) is 1.71. The van der Waals surface area contributed by atoms with E-state index in [1.54, 1.807) is 18.9 Å². The Bertz CT molecular complexity index is 560. The van der Waals surface area contributed by atoms with Gasteiger partial charge in [0.1, 0.15) is 5.75 Å². The van der Waals surface area contributed by atoms with Gasteiger partial charge in [-0.1, -0.05) is 35.9 Å². The fourth-order valence-corrected chi connectivity index (χ4v) is 3.17. The summed E-state index contributed by atoms with van der Waals surface area (Å²) < 4.78 is 5.43. The van der Waals surface area contributed by atoms with Crippen LogP contribution in [0.1, 0.15) is 11.1 Å². The van der Waals surface area contributed by atoms with Crippen molar-refractivity contribution < 1.29 is 4.74 Å². The molecule has 0 radical (unpaired) electrons. The van der Waals surface area contributed by atoms with Crippen LogP contribution in [0.15, 0.2) is 53.4 Å². The molecular formula is C17H22N2OS. The summed E-state index contributed by atoms with van der Waals surface area (Å²) in [6.07, 6.45) is 0.848. The molecule has 0 saturated heterocycles. The number of nitrogens with two attached hydrogens (primary N) is 1. The van der Waals surface area contributed by atoms with Crippen LogP contribution < -0.4 is 16.0 Å². The first-order valence-corrected chi connectivity index (χ1v) is 7.99. The molecule has 0 spiro atoms. The molecule has 4 heteroatoms. The largest absolute Gasteiger partial charge is 0.496 e. The minimum atomic E-state index is 0.200. The summed E-state index contributed by atoms with van der Waals surface area (Å²) in [6, 6.07) is 16.8. The van der Waals surface area contributed by atoms with E-state index in [2.05, 4.69) is 48.7 Å². The van der Waals surface area contributed by atoms with Gasteiger partial charge in [-0.05, 0) is 37.1 Å². The molecule has 112 valence electrons. The Kier molecular flexibility index (Phi) is 6.11. The van der Waals surface area contributed by atoms with Crippen molar-refractivity contribution >= 4 is 11.8 Å². The number of hydrogen-bond acceptors (Lipinski definition) is 4. The zero-order valence-corrected chi connectivity index (χ0v) is 13.3. The Balaban J connectivity index is 2.00. The molecule has 2 aromatic carbocycles. The molecule has 0 fully saturated rings. The van der Waals surface area contributed by atoms with E-state index in [4.69, 9.17) is 10.6 Å². The lowest BCUT2D eigenvalue weighted by atomic mass is 10.0. The number of aryl methyl sites for hydroxylation is 1. The van der Waals surface area contributed by atoms with Crippen LogP contribution in [0.2, 0.25) is 0 Å². The molecule has 1 unspecified atom stereocenters. The van der Waals surface area contributed by atoms with E-state index in [0.29, 0.717) is 0 Å². The molecular weight excluding hydrogens is 280 g/mol. The highest BCUT2D eigenvalue weighted by molar-refractivity contribution is 7.99. The van der Waals surface area contributed by atoms with Crippen molar-refractivity contribution in [2.24, 2.45) is 5.84 Å². The predicted molar refractivity (Wildman–Crippen MR) is 89.7 cm³/mol. The average Bonchev–Trinajstić information content (AvgIpc) is 2.52. The maximum Gasteiger partial charge on any atom is 0.122 e. The van der Waals surface area contributed by atoms with Crippen LogP contribution in [0.5, 0.6) is 5.75 Å². The van der Waals surface area contributed by atoms with E-state index in [0.717, 1.165) is 17.9 Å². The molecule has 0 aliphatic carbocycles. The van der Waals surface area contributed by atoms with Crippen molar-refractivity contribution in [1.29, 1.82) is 0 Å². The Labute approximate surface area is 130 Å². The maximum atomic E-state index is 5.71. The monoisotopic (exact) mass is 302 g/mol. The second kappa shape index (κ2) is 8.08. The maximum absolute atomic E-state index is 5.71. The summed E-state index contributed by atoms with van der Waals surface area (Å²) in [6.45, 7) is 2.09. The second-order valence-electron chi connectivity index (χ2n) is 5.01. The third kappa shape index (κ3) is 4.77. The molecule has 0 heterocycles. The fourth-order valence-electron chi connectivity index (χ4n) is 2.21. The van der Waals surface area contributed by atoms with Crippen LogP contribution in [0.3, 0.4) is 0 Å². The van der Waals surface area contributed by atoms with Gasteiger partial charge in [0.25, 0.3) is 0 Å². The van der Waals surface area contributed by atoms with Crippen LogP contribution in [0.25, 0.3) is 0 Å². The third-order valence-corrected chi connectivity index (χ3v) is 4.51. The number of nitrogens with one attached hydrogen (secondary N) is 1. The molecule has 0 saturated carbocycles. The molecule has 2 rings (SSSR count). The van der Waals surface area contributed by atoms with Crippen LogP contribution in [0.4, 0.5) is 0 Å². The normalized spacial score (nSPS) is 12.1. The lowest BCUT2D eigenvalue weighted by molar-refractivity contribution is 0.406. The van der Waals surface area contributed by atoms with Crippen molar-refractivity contribution in [3.8, 4) is 5.75 Å². The van der Waals surface area contributed by atoms with Crippen molar-refractivity contribution in [2.45, 2.75) is 24.3 Å². The molecule has 0 aromatic heterocycles. The number of benzene rings is 2. The van der Waals surface area contributed by atoms with E-state index in [1.165, 1.54) is 16.0 Å². The van der Waals surface area contributed by atoms with Gasteiger partial charge in [-0.3, -0.25) is 11.3 Å².